The summed E-state index contributed by atoms with van der Waals surface area (Å²) in [6.45, 7) is 1.23. The fraction of sp³-hybridized carbons (Fsp3) is 0.143. The van der Waals surface area contributed by atoms with E-state index in [1.807, 2.05) is 0 Å². The first-order valence-corrected chi connectivity index (χ1v) is 5.36. The van der Waals surface area contributed by atoms with E-state index in [0.717, 1.165) is 18.2 Å². The summed E-state index contributed by atoms with van der Waals surface area (Å²) < 4.78 is 40.4. The molecule has 0 heterocycles. The third-order valence-electron chi connectivity index (χ3n) is 2.84. The number of hydrogen-bond acceptors (Lipinski definition) is 1. The van der Waals surface area contributed by atoms with Gasteiger partial charge in [-0.1, -0.05) is 18.2 Å². The van der Waals surface area contributed by atoms with Crippen molar-refractivity contribution in [1.29, 1.82) is 0 Å². The van der Waals surface area contributed by atoms with Crippen LogP contribution < -0.4 is 0 Å². The van der Waals surface area contributed by atoms with Gasteiger partial charge in [-0.25, -0.2) is 13.2 Å². The van der Waals surface area contributed by atoms with E-state index >= 15 is 0 Å². The van der Waals surface area contributed by atoms with Gasteiger partial charge in [-0.05, 0) is 36.8 Å². The van der Waals surface area contributed by atoms with Gasteiger partial charge in [0.05, 0.1) is 5.56 Å². The molecule has 2 aromatic carbocycles. The average molecular weight is 252 g/mol. The molecule has 1 N–H and O–H groups in total. The lowest BCUT2D eigenvalue weighted by atomic mass is 9.87. The first-order valence-electron chi connectivity index (χ1n) is 5.36. The van der Waals surface area contributed by atoms with Crippen LogP contribution in [0.5, 0.6) is 0 Å². The second-order valence-electron chi connectivity index (χ2n) is 4.18. The van der Waals surface area contributed by atoms with Crippen molar-refractivity contribution in [3.63, 3.8) is 0 Å². The maximum atomic E-state index is 13.6. The highest BCUT2D eigenvalue weighted by Gasteiger charge is 2.32. The summed E-state index contributed by atoms with van der Waals surface area (Å²) >= 11 is 0. The molecule has 0 bridgehead atoms. The van der Waals surface area contributed by atoms with Crippen LogP contribution in [0.25, 0.3) is 0 Å². The zero-order valence-corrected chi connectivity index (χ0v) is 9.62. The fourth-order valence-corrected chi connectivity index (χ4v) is 1.90. The molecule has 0 aliphatic heterocycles. The molecule has 2 aromatic rings. The number of hydrogen-bond donors (Lipinski definition) is 1. The summed E-state index contributed by atoms with van der Waals surface area (Å²) in [7, 11) is 0. The van der Waals surface area contributed by atoms with Crippen molar-refractivity contribution >= 4 is 0 Å². The van der Waals surface area contributed by atoms with Gasteiger partial charge in [0.25, 0.3) is 0 Å². The largest absolute Gasteiger partial charge is 0.380 e. The van der Waals surface area contributed by atoms with Crippen LogP contribution >= 0.6 is 0 Å². The maximum Gasteiger partial charge on any atom is 0.132 e. The summed E-state index contributed by atoms with van der Waals surface area (Å²) in [6, 6.07) is 8.32. The van der Waals surface area contributed by atoms with Gasteiger partial charge in [0.1, 0.15) is 23.1 Å². The van der Waals surface area contributed by atoms with Gasteiger partial charge in [0.2, 0.25) is 0 Å². The third kappa shape index (κ3) is 2.11. The van der Waals surface area contributed by atoms with Crippen molar-refractivity contribution in [2.75, 3.05) is 0 Å². The Bertz CT molecular complexity index is 559. The fourth-order valence-electron chi connectivity index (χ4n) is 1.90. The van der Waals surface area contributed by atoms with Gasteiger partial charge < -0.3 is 5.11 Å². The molecule has 0 aromatic heterocycles. The summed E-state index contributed by atoms with van der Waals surface area (Å²) in [6.07, 6.45) is 0. The Balaban J connectivity index is 2.61. The number of aliphatic hydroxyl groups is 1. The minimum absolute atomic E-state index is 0.0894. The lowest BCUT2D eigenvalue weighted by molar-refractivity contribution is 0.0930. The van der Waals surface area contributed by atoms with Crippen LogP contribution in [-0.2, 0) is 5.60 Å². The molecule has 0 saturated heterocycles. The highest BCUT2D eigenvalue weighted by atomic mass is 19.1. The van der Waals surface area contributed by atoms with Crippen LogP contribution in [0.2, 0.25) is 0 Å². The predicted octanol–water partition coefficient (Wildman–Crippen LogP) is 3.36. The van der Waals surface area contributed by atoms with Crippen LogP contribution in [0.1, 0.15) is 18.1 Å². The highest BCUT2D eigenvalue weighted by molar-refractivity contribution is 5.37. The second kappa shape index (κ2) is 4.46. The summed E-state index contributed by atoms with van der Waals surface area (Å²) in [5, 5.41) is 10.3. The van der Waals surface area contributed by atoms with Crippen LogP contribution in [-0.4, -0.2) is 5.11 Å². The minimum atomic E-state index is -1.93. The standard InChI is InChI=1S/C14H11F3O/c1-14(18,9-4-2-5-10(15)8-9)13-11(16)6-3-7-12(13)17/h2-8,18H,1H3. The molecule has 18 heavy (non-hydrogen) atoms. The van der Waals surface area contributed by atoms with Crippen molar-refractivity contribution in [3.8, 4) is 0 Å². The van der Waals surface area contributed by atoms with Crippen LogP contribution in [0.4, 0.5) is 13.2 Å². The molecule has 0 fully saturated rings. The zero-order chi connectivity index (χ0) is 13.3. The Morgan fingerprint density at radius 1 is 0.944 bits per heavy atom. The van der Waals surface area contributed by atoms with E-state index in [-0.39, 0.29) is 5.56 Å². The van der Waals surface area contributed by atoms with Gasteiger partial charge in [-0.2, -0.15) is 0 Å². The maximum absolute atomic E-state index is 13.6. The first kappa shape index (κ1) is 12.6. The lowest BCUT2D eigenvalue weighted by Gasteiger charge is -2.25. The number of rotatable bonds is 2. The van der Waals surface area contributed by atoms with Crippen molar-refractivity contribution in [2.45, 2.75) is 12.5 Å². The third-order valence-corrected chi connectivity index (χ3v) is 2.84. The molecule has 0 spiro atoms. The van der Waals surface area contributed by atoms with E-state index in [9.17, 15) is 18.3 Å². The molecule has 1 unspecified atom stereocenters. The van der Waals surface area contributed by atoms with Gasteiger partial charge in [0, 0.05) is 0 Å². The number of halogens is 3. The number of benzene rings is 2. The Morgan fingerprint density at radius 2 is 1.50 bits per heavy atom. The Labute approximate surface area is 103 Å². The summed E-state index contributed by atoms with van der Waals surface area (Å²) in [5.74, 6) is -2.32. The quantitative estimate of drug-likeness (QED) is 0.868. The van der Waals surface area contributed by atoms with Crippen molar-refractivity contribution in [2.24, 2.45) is 0 Å². The molecule has 94 valence electrons. The Morgan fingerprint density at radius 3 is 2.06 bits per heavy atom. The zero-order valence-electron chi connectivity index (χ0n) is 9.62. The molecule has 1 nitrogen and oxygen atoms in total. The normalized spacial score (nSPS) is 14.3. The van der Waals surface area contributed by atoms with Gasteiger partial charge >= 0.3 is 0 Å². The first-order chi connectivity index (χ1) is 8.43. The van der Waals surface area contributed by atoms with E-state index < -0.39 is 28.6 Å². The van der Waals surface area contributed by atoms with Gasteiger partial charge in [0.15, 0.2) is 0 Å². The van der Waals surface area contributed by atoms with Crippen molar-refractivity contribution in [3.05, 3.63) is 71.0 Å². The lowest BCUT2D eigenvalue weighted by Crippen LogP contribution is -2.26. The molecule has 0 aliphatic carbocycles. The van der Waals surface area contributed by atoms with Crippen LogP contribution in [0, 0.1) is 17.5 Å². The molecule has 0 amide bonds. The molecular weight excluding hydrogens is 241 g/mol. The smallest absolute Gasteiger partial charge is 0.132 e. The molecule has 0 aliphatic rings. The molecule has 0 radical (unpaired) electrons. The summed E-state index contributed by atoms with van der Waals surface area (Å²) in [4.78, 5) is 0. The second-order valence-corrected chi connectivity index (χ2v) is 4.18. The van der Waals surface area contributed by atoms with E-state index in [4.69, 9.17) is 0 Å². The molecule has 4 heteroatoms. The molecule has 0 saturated carbocycles. The molecular formula is C14H11F3O. The van der Waals surface area contributed by atoms with Gasteiger partial charge in [-0.15, -0.1) is 0 Å². The topological polar surface area (TPSA) is 20.2 Å². The van der Waals surface area contributed by atoms with Crippen LogP contribution in [0.15, 0.2) is 42.5 Å². The van der Waals surface area contributed by atoms with Crippen LogP contribution in [0.3, 0.4) is 0 Å². The predicted molar refractivity (Wildman–Crippen MR) is 61.4 cm³/mol. The van der Waals surface area contributed by atoms with E-state index in [0.29, 0.717) is 0 Å². The minimum Gasteiger partial charge on any atom is -0.380 e. The van der Waals surface area contributed by atoms with Crippen molar-refractivity contribution in [1.82, 2.24) is 0 Å². The van der Waals surface area contributed by atoms with E-state index in [2.05, 4.69) is 0 Å². The SMILES string of the molecule is CC(O)(c1cccc(F)c1)c1c(F)cccc1F. The monoisotopic (exact) mass is 252 g/mol. The van der Waals surface area contributed by atoms with E-state index in [1.54, 1.807) is 0 Å². The van der Waals surface area contributed by atoms with Crippen molar-refractivity contribution < 1.29 is 18.3 Å². The molecule has 2 rings (SSSR count). The molecule has 1 atom stereocenters. The average Bonchev–Trinajstić information content (AvgIpc) is 2.28. The highest BCUT2D eigenvalue weighted by Crippen LogP contribution is 2.32. The van der Waals surface area contributed by atoms with E-state index in [1.165, 1.54) is 31.2 Å². The van der Waals surface area contributed by atoms with Gasteiger partial charge in [-0.3, -0.25) is 0 Å². The summed E-state index contributed by atoms with van der Waals surface area (Å²) in [5.41, 5.74) is -2.33. The Hall–Kier alpha value is -1.81. The Kier molecular flexibility index (Phi) is 3.13.